The zero-order valence-corrected chi connectivity index (χ0v) is 8.30. The van der Waals surface area contributed by atoms with Crippen molar-refractivity contribution < 1.29 is 19.8 Å². The number of carboxylic acid groups (broad SMARTS) is 1. The molecule has 0 radical (unpaired) electrons. The summed E-state index contributed by atoms with van der Waals surface area (Å²) >= 11 is 0. The molecule has 0 bridgehead atoms. The molecular formula is C8H13N3O4. The standard InChI is InChI=1S/C8H13N3O4/c1-10(4-7(14)15)8(9)11-3-5(12)2-6(11)13/h5,9,12H,2-4H2,1H3,(H,14,15). The van der Waals surface area contributed by atoms with E-state index in [9.17, 15) is 14.7 Å². The first kappa shape index (κ1) is 11.4. The number of rotatable bonds is 2. The van der Waals surface area contributed by atoms with Crippen molar-refractivity contribution in [3.8, 4) is 0 Å². The Morgan fingerprint density at radius 3 is 2.73 bits per heavy atom. The van der Waals surface area contributed by atoms with Crippen LogP contribution in [-0.4, -0.2) is 64.1 Å². The van der Waals surface area contributed by atoms with Crippen molar-refractivity contribution in [2.75, 3.05) is 20.1 Å². The van der Waals surface area contributed by atoms with Gasteiger partial charge in [-0.25, -0.2) is 0 Å². The average Bonchev–Trinajstić information content (AvgIpc) is 2.42. The van der Waals surface area contributed by atoms with E-state index in [1.54, 1.807) is 0 Å². The first-order valence-corrected chi connectivity index (χ1v) is 4.41. The second-order valence-corrected chi connectivity index (χ2v) is 3.44. The summed E-state index contributed by atoms with van der Waals surface area (Å²) in [6, 6.07) is 0. The van der Waals surface area contributed by atoms with E-state index < -0.39 is 12.1 Å². The molecule has 1 aliphatic rings. The molecule has 7 nitrogen and oxygen atoms in total. The Labute approximate surface area is 86.4 Å². The Balaban J connectivity index is 2.60. The maximum absolute atomic E-state index is 11.3. The highest BCUT2D eigenvalue weighted by Gasteiger charge is 2.32. The van der Waals surface area contributed by atoms with E-state index >= 15 is 0 Å². The van der Waals surface area contributed by atoms with Crippen LogP contribution in [0.15, 0.2) is 0 Å². The van der Waals surface area contributed by atoms with Crippen LogP contribution in [0.1, 0.15) is 6.42 Å². The van der Waals surface area contributed by atoms with Gasteiger partial charge in [-0.05, 0) is 0 Å². The van der Waals surface area contributed by atoms with Crippen molar-refractivity contribution in [2.45, 2.75) is 12.5 Å². The largest absolute Gasteiger partial charge is 0.480 e. The van der Waals surface area contributed by atoms with E-state index in [2.05, 4.69) is 0 Å². The molecule has 1 heterocycles. The predicted octanol–water partition coefficient (Wildman–Crippen LogP) is -1.47. The van der Waals surface area contributed by atoms with Crippen LogP contribution in [0.3, 0.4) is 0 Å². The molecule has 0 spiro atoms. The fraction of sp³-hybridized carbons (Fsp3) is 0.625. The number of carbonyl (C=O) groups excluding carboxylic acids is 1. The Bertz CT molecular complexity index is 304. The molecule has 1 fully saturated rings. The molecule has 0 aromatic carbocycles. The molecule has 1 amide bonds. The lowest BCUT2D eigenvalue weighted by atomic mass is 10.3. The molecule has 1 saturated heterocycles. The molecule has 3 N–H and O–H groups in total. The fourth-order valence-corrected chi connectivity index (χ4v) is 1.38. The molecule has 0 aromatic heterocycles. The monoisotopic (exact) mass is 215 g/mol. The van der Waals surface area contributed by atoms with Gasteiger partial charge < -0.3 is 15.1 Å². The van der Waals surface area contributed by atoms with E-state index in [1.807, 2.05) is 0 Å². The van der Waals surface area contributed by atoms with E-state index in [0.717, 1.165) is 9.80 Å². The third-order valence-electron chi connectivity index (χ3n) is 2.09. The van der Waals surface area contributed by atoms with Crippen LogP contribution < -0.4 is 0 Å². The normalized spacial score (nSPS) is 20.5. The summed E-state index contributed by atoms with van der Waals surface area (Å²) in [7, 11) is 1.41. The number of carbonyl (C=O) groups is 2. The summed E-state index contributed by atoms with van der Waals surface area (Å²) in [5.74, 6) is -1.63. The van der Waals surface area contributed by atoms with Crippen LogP contribution in [0, 0.1) is 5.41 Å². The van der Waals surface area contributed by atoms with Crippen LogP contribution in [0.5, 0.6) is 0 Å². The van der Waals surface area contributed by atoms with Gasteiger partial charge in [-0.2, -0.15) is 0 Å². The topological polar surface area (TPSA) is 105 Å². The maximum Gasteiger partial charge on any atom is 0.323 e. The number of aliphatic hydroxyl groups is 1. The lowest BCUT2D eigenvalue weighted by molar-refractivity contribution is -0.137. The minimum atomic E-state index is -1.07. The van der Waals surface area contributed by atoms with Gasteiger partial charge in [0, 0.05) is 7.05 Å². The molecule has 7 heteroatoms. The molecule has 84 valence electrons. The van der Waals surface area contributed by atoms with Gasteiger partial charge in [-0.1, -0.05) is 0 Å². The molecule has 1 unspecified atom stereocenters. The van der Waals surface area contributed by atoms with E-state index in [4.69, 9.17) is 10.5 Å². The third-order valence-corrected chi connectivity index (χ3v) is 2.09. The smallest absolute Gasteiger partial charge is 0.323 e. The second kappa shape index (κ2) is 4.26. The number of nitrogens with one attached hydrogen (secondary N) is 1. The summed E-state index contributed by atoms with van der Waals surface area (Å²) < 4.78 is 0. The third kappa shape index (κ3) is 2.66. The lowest BCUT2D eigenvalue weighted by Gasteiger charge is -2.24. The van der Waals surface area contributed by atoms with Gasteiger partial charge in [0.05, 0.1) is 19.1 Å². The van der Waals surface area contributed by atoms with Gasteiger partial charge in [0.15, 0.2) is 0 Å². The minimum Gasteiger partial charge on any atom is -0.480 e. The number of likely N-dealkylation sites (tertiary alicyclic amines) is 1. The van der Waals surface area contributed by atoms with Crippen molar-refractivity contribution in [3.63, 3.8) is 0 Å². The second-order valence-electron chi connectivity index (χ2n) is 3.44. The number of hydrogen-bond acceptors (Lipinski definition) is 4. The van der Waals surface area contributed by atoms with Crippen molar-refractivity contribution in [2.24, 2.45) is 0 Å². The number of nitrogens with zero attached hydrogens (tertiary/aromatic N) is 2. The van der Waals surface area contributed by atoms with E-state index in [0.29, 0.717) is 0 Å². The fourth-order valence-electron chi connectivity index (χ4n) is 1.38. The Hall–Kier alpha value is -1.63. The van der Waals surface area contributed by atoms with Gasteiger partial charge in [0.2, 0.25) is 11.9 Å². The SMILES string of the molecule is CN(CC(=O)O)C(=N)N1CC(O)CC1=O. The molecule has 0 aromatic rings. The zero-order chi connectivity index (χ0) is 11.6. The van der Waals surface area contributed by atoms with Crippen molar-refractivity contribution in [1.82, 2.24) is 9.80 Å². The van der Waals surface area contributed by atoms with Crippen LogP contribution in [0.25, 0.3) is 0 Å². The van der Waals surface area contributed by atoms with E-state index in [-0.39, 0.29) is 31.4 Å². The van der Waals surface area contributed by atoms with Crippen LogP contribution in [0.4, 0.5) is 0 Å². The predicted molar refractivity (Wildman–Crippen MR) is 50.3 cm³/mol. The molecule has 1 atom stereocenters. The van der Waals surface area contributed by atoms with Crippen molar-refractivity contribution in [3.05, 3.63) is 0 Å². The lowest BCUT2D eigenvalue weighted by Crippen LogP contribution is -2.44. The molecule has 0 aliphatic carbocycles. The summed E-state index contributed by atoms with van der Waals surface area (Å²) in [5, 5.41) is 25.3. The Morgan fingerprint density at radius 1 is 1.73 bits per heavy atom. The Kier molecular flexibility index (Phi) is 3.25. The quantitative estimate of drug-likeness (QED) is 0.385. The minimum absolute atomic E-state index is 0.0106. The van der Waals surface area contributed by atoms with Crippen molar-refractivity contribution in [1.29, 1.82) is 5.41 Å². The highest BCUT2D eigenvalue weighted by Crippen LogP contribution is 2.11. The van der Waals surface area contributed by atoms with Gasteiger partial charge in [0.25, 0.3) is 0 Å². The number of hydrogen-bond donors (Lipinski definition) is 3. The summed E-state index contributed by atoms with van der Waals surface area (Å²) in [4.78, 5) is 23.9. The van der Waals surface area contributed by atoms with Gasteiger partial charge in [-0.3, -0.25) is 19.9 Å². The average molecular weight is 215 g/mol. The Morgan fingerprint density at radius 2 is 2.33 bits per heavy atom. The van der Waals surface area contributed by atoms with E-state index in [1.165, 1.54) is 7.05 Å². The number of guanidine groups is 1. The summed E-state index contributed by atoms with van der Waals surface area (Å²) in [6.07, 6.45) is -0.778. The highest BCUT2D eigenvalue weighted by molar-refractivity contribution is 5.98. The number of amides is 1. The van der Waals surface area contributed by atoms with Crippen LogP contribution >= 0.6 is 0 Å². The van der Waals surface area contributed by atoms with Gasteiger partial charge >= 0.3 is 5.97 Å². The van der Waals surface area contributed by atoms with Gasteiger partial charge in [0.1, 0.15) is 6.54 Å². The molecular weight excluding hydrogens is 202 g/mol. The molecule has 15 heavy (non-hydrogen) atoms. The number of likely N-dealkylation sites (N-methyl/N-ethyl adjacent to an activating group) is 1. The van der Waals surface area contributed by atoms with Crippen molar-refractivity contribution >= 4 is 17.8 Å². The summed E-state index contributed by atoms with van der Waals surface area (Å²) in [5.41, 5.74) is 0. The number of aliphatic carboxylic acids is 1. The first-order chi connectivity index (χ1) is 6.91. The zero-order valence-electron chi connectivity index (χ0n) is 8.30. The molecule has 0 saturated carbocycles. The number of aliphatic hydroxyl groups excluding tert-OH is 1. The van der Waals surface area contributed by atoms with Crippen LogP contribution in [-0.2, 0) is 9.59 Å². The number of β-amino-alcohol motifs (C(OH)–C–C–N with tert-alkyl or cyclic N) is 1. The number of carboxylic acids is 1. The van der Waals surface area contributed by atoms with Gasteiger partial charge in [-0.15, -0.1) is 0 Å². The van der Waals surface area contributed by atoms with Crippen LogP contribution in [0.2, 0.25) is 0 Å². The highest BCUT2D eigenvalue weighted by atomic mass is 16.4. The molecule has 1 aliphatic heterocycles. The maximum atomic E-state index is 11.3. The first-order valence-electron chi connectivity index (χ1n) is 4.41. The molecule has 1 rings (SSSR count). The summed E-state index contributed by atoms with van der Waals surface area (Å²) in [6.45, 7) is -0.291.